The molecule has 0 aromatic heterocycles. The molecule has 6 nitrogen and oxygen atoms in total. The van der Waals surface area contributed by atoms with Crippen LogP contribution in [-0.2, 0) is 6.42 Å². The van der Waals surface area contributed by atoms with Gasteiger partial charge < -0.3 is 20.3 Å². The van der Waals surface area contributed by atoms with Gasteiger partial charge in [0, 0.05) is 52.9 Å². The van der Waals surface area contributed by atoms with E-state index < -0.39 is 0 Å². The van der Waals surface area contributed by atoms with Gasteiger partial charge in [0.1, 0.15) is 5.75 Å². The Bertz CT molecular complexity index is 567. The average molecular weight is 362 g/mol. The average Bonchev–Trinajstić information content (AvgIpc) is 2.67. The van der Waals surface area contributed by atoms with Gasteiger partial charge in [0.25, 0.3) is 0 Å². The molecule has 1 aliphatic heterocycles. The van der Waals surface area contributed by atoms with Crippen molar-refractivity contribution in [3.63, 3.8) is 0 Å². The SMILES string of the molecule is CCN1CCN(CCNC(=NC)NCCc2cc(C)ccc2OC)CC1. The van der Waals surface area contributed by atoms with E-state index in [0.29, 0.717) is 0 Å². The number of hydrogen-bond acceptors (Lipinski definition) is 4. The molecule has 6 heteroatoms. The molecule has 1 aromatic carbocycles. The highest BCUT2D eigenvalue weighted by atomic mass is 16.5. The van der Waals surface area contributed by atoms with Crippen molar-refractivity contribution in [2.24, 2.45) is 4.99 Å². The molecule has 146 valence electrons. The molecule has 0 saturated carbocycles. The molecular weight excluding hydrogens is 326 g/mol. The molecule has 26 heavy (non-hydrogen) atoms. The summed E-state index contributed by atoms with van der Waals surface area (Å²) in [5.41, 5.74) is 2.48. The summed E-state index contributed by atoms with van der Waals surface area (Å²) in [5, 5.41) is 6.82. The molecule has 1 aromatic rings. The Balaban J connectivity index is 1.67. The zero-order chi connectivity index (χ0) is 18.8. The van der Waals surface area contributed by atoms with Gasteiger partial charge in [-0.05, 0) is 31.5 Å². The fourth-order valence-corrected chi connectivity index (χ4v) is 3.30. The Morgan fingerprint density at radius 2 is 1.81 bits per heavy atom. The van der Waals surface area contributed by atoms with Crippen LogP contribution in [0.4, 0.5) is 0 Å². The van der Waals surface area contributed by atoms with Crippen LogP contribution < -0.4 is 15.4 Å². The highest BCUT2D eigenvalue weighted by Crippen LogP contribution is 2.19. The molecule has 0 radical (unpaired) electrons. The van der Waals surface area contributed by atoms with Gasteiger partial charge in [-0.3, -0.25) is 9.89 Å². The lowest BCUT2D eigenvalue weighted by molar-refractivity contribution is 0.139. The second kappa shape index (κ2) is 11.0. The van der Waals surface area contributed by atoms with Crippen molar-refractivity contribution < 1.29 is 4.74 Å². The van der Waals surface area contributed by atoms with Crippen molar-refractivity contribution in [1.29, 1.82) is 0 Å². The summed E-state index contributed by atoms with van der Waals surface area (Å²) in [6, 6.07) is 6.30. The predicted molar refractivity (Wildman–Crippen MR) is 109 cm³/mol. The number of nitrogens with one attached hydrogen (secondary N) is 2. The molecule has 1 saturated heterocycles. The van der Waals surface area contributed by atoms with Gasteiger partial charge in [-0.1, -0.05) is 24.6 Å². The number of ether oxygens (including phenoxy) is 1. The summed E-state index contributed by atoms with van der Waals surface area (Å²) in [7, 11) is 3.55. The van der Waals surface area contributed by atoms with Crippen LogP contribution in [0, 0.1) is 6.92 Å². The molecule has 0 aliphatic carbocycles. The molecule has 2 N–H and O–H groups in total. The number of guanidine groups is 1. The van der Waals surface area contributed by atoms with Crippen molar-refractivity contribution in [2.75, 3.05) is 66.5 Å². The van der Waals surface area contributed by atoms with E-state index in [0.717, 1.165) is 57.4 Å². The van der Waals surface area contributed by atoms with Crippen LogP contribution in [0.15, 0.2) is 23.2 Å². The van der Waals surface area contributed by atoms with Gasteiger partial charge in [-0.2, -0.15) is 0 Å². The van der Waals surface area contributed by atoms with Crippen LogP contribution in [0.3, 0.4) is 0 Å². The summed E-state index contributed by atoms with van der Waals surface area (Å²) in [5.74, 6) is 1.82. The molecule has 0 unspecified atom stereocenters. The molecule has 0 spiro atoms. The number of aryl methyl sites for hydroxylation is 1. The van der Waals surface area contributed by atoms with Crippen molar-refractivity contribution in [3.05, 3.63) is 29.3 Å². The first-order valence-corrected chi connectivity index (χ1v) is 9.69. The van der Waals surface area contributed by atoms with E-state index >= 15 is 0 Å². The number of methoxy groups -OCH3 is 1. The Morgan fingerprint density at radius 3 is 2.46 bits per heavy atom. The van der Waals surface area contributed by atoms with Crippen LogP contribution in [0.1, 0.15) is 18.1 Å². The van der Waals surface area contributed by atoms with Crippen LogP contribution in [0.5, 0.6) is 5.75 Å². The molecule has 0 atom stereocenters. The van der Waals surface area contributed by atoms with E-state index in [-0.39, 0.29) is 0 Å². The Kier molecular flexibility index (Phi) is 8.71. The van der Waals surface area contributed by atoms with Gasteiger partial charge in [-0.25, -0.2) is 0 Å². The number of aliphatic imine (C=N–C) groups is 1. The number of hydrogen-bond donors (Lipinski definition) is 2. The smallest absolute Gasteiger partial charge is 0.191 e. The minimum Gasteiger partial charge on any atom is -0.496 e. The first-order chi connectivity index (χ1) is 12.7. The van der Waals surface area contributed by atoms with E-state index in [2.05, 4.69) is 51.4 Å². The molecule has 1 aliphatic rings. The van der Waals surface area contributed by atoms with Gasteiger partial charge >= 0.3 is 0 Å². The van der Waals surface area contributed by atoms with Crippen LogP contribution in [0.25, 0.3) is 0 Å². The van der Waals surface area contributed by atoms with Gasteiger partial charge in [-0.15, -0.1) is 0 Å². The van der Waals surface area contributed by atoms with E-state index in [1.54, 1.807) is 7.11 Å². The lowest BCUT2D eigenvalue weighted by Crippen LogP contribution is -2.49. The molecule has 0 bridgehead atoms. The standard InChI is InChI=1S/C20H35N5O/c1-5-24-12-14-25(15-13-24)11-10-23-20(21-3)22-9-8-18-16-17(2)6-7-19(18)26-4/h6-7,16H,5,8-15H2,1-4H3,(H2,21,22,23). The minimum atomic E-state index is 0.828. The summed E-state index contributed by atoms with van der Waals surface area (Å²) < 4.78 is 5.45. The first-order valence-electron chi connectivity index (χ1n) is 9.69. The minimum absolute atomic E-state index is 0.828. The highest BCUT2D eigenvalue weighted by Gasteiger charge is 2.14. The second-order valence-corrected chi connectivity index (χ2v) is 6.77. The number of nitrogens with zero attached hydrogens (tertiary/aromatic N) is 3. The molecular formula is C20H35N5O. The third-order valence-electron chi connectivity index (χ3n) is 4.98. The third kappa shape index (κ3) is 6.50. The maximum Gasteiger partial charge on any atom is 0.191 e. The first kappa shape index (κ1) is 20.5. The van der Waals surface area contributed by atoms with Gasteiger partial charge in [0.2, 0.25) is 0 Å². The number of likely N-dealkylation sites (N-methyl/N-ethyl adjacent to an activating group) is 1. The van der Waals surface area contributed by atoms with Gasteiger partial charge in [0.05, 0.1) is 7.11 Å². The predicted octanol–water partition coefficient (Wildman–Crippen LogP) is 1.35. The van der Waals surface area contributed by atoms with Crippen LogP contribution >= 0.6 is 0 Å². The quantitative estimate of drug-likeness (QED) is 0.541. The molecule has 0 amide bonds. The van der Waals surface area contributed by atoms with Crippen LogP contribution in [0.2, 0.25) is 0 Å². The van der Waals surface area contributed by atoms with E-state index in [9.17, 15) is 0 Å². The molecule has 2 rings (SSSR count). The largest absolute Gasteiger partial charge is 0.496 e. The lowest BCUT2D eigenvalue weighted by atomic mass is 10.1. The fourth-order valence-electron chi connectivity index (χ4n) is 3.30. The van der Waals surface area contributed by atoms with Crippen LogP contribution in [-0.4, -0.2) is 82.3 Å². The van der Waals surface area contributed by atoms with E-state index in [1.165, 1.54) is 24.2 Å². The second-order valence-electron chi connectivity index (χ2n) is 6.77. The molecule has 1 fully saturated rings. The maximum atomic E-state index is 5.45. The summed E-state index contributed by atoms with van der Waals surface area (Å²) in [6.07, 6.45) is 0.907. The number of rotatable bonds is 8. The van der Waals surface area contributed by atoms with Crippen molar-refractivity contribution in [2.45, 2.75) is 20.3 Å². The Labute approximate surface area is 158 Å². The lowest BCUT2D eigenvalue weighted by Gasteiger charge is -2.34. The van der Waals surface area contributed by atoms with Crippen molar-refractivity contribution in [1.82, 2.24) is 20.4 Å². The zero-order valence-corrected chi connectivity index (χ0v) is 16.8. The Hall–Kier alpha value is -1.79. The van der Waals surface area contributed by atoms with E-state index in [4.69, 9.17) is 4.74 Å². The topological polar surface area (TPSA) is 52.1 Å². The molecule has 1 heterocycles. The number of piperazine rings is 1. The van der Waals surface area contributed by atoms with Gasteiger partial charge in [0.15, 0.2) is 5.96 Å². The number of benzene rings is 1. The highest BCUT2D eigenvalue weighted by molar-refractivity contribution is 5.79. The van der Waals surface area contributed by atoms with Crippen molar-refractivity contribution >= 4 is 5.96 Å². The fraction of sp³-hybridized carbons (Fsp3) is 0.650. The normalized spacial score (nSPS) is 16.5. The Morgan fingerprint density at radius 1 is 1.12 bits per heavy atom. The zero-order valence-electron chi connectivity index (χ0n) is 16.8. The monoisotopic (exact) mass is 361 g/mol. The summed E-state index contributed by atoms with van der Waals surface area (Å²) >= 11 is 0. The van der Waals surface area contributed by atoms with Crippen molar-refractivity contribution in [3.8, 4) is 5.75 Å². The third-order valence-corrected chi connectivity index (χ3v) is 4.98. The van der Waals surface area contributed by atoms with E-state index in [1.807, 2.05) is 13.1 Å². The maximum absolute atomic E-state index is 5.45. The summed E-state index contributed by atoms with van der Waals surface area (Å²) in [4.78, 5) is 9.35. The summed E-state index contributed by atoms with van der Waals surface area (Å²) in [6.45, 7) is 13.0.